The van der Waals surface area contributed by atoms with Crippen LogP contribution in [0.4, 0.5) is 5.69 Å². The van der Waals surface area contributed by atoms with Gasteiger partial charge in [0.1, 0.15) is 5.75 Å². The number of anilines is 1. The topological polar surface area (TPSA) is 38.3 Å². The molecule has 0 aromatic heterocycles. The number of benzene rings is 2. The summed E-state index contributed by atoms with van der Waals surface area (Å²) >= 11 is 3.45. The molecule has 0 aliphatic rings. The van der Waals surface area contributed by atoms with Gasteiger partial charge >= 0.3 is 0 Å². The van der Waals surface area contributed by atoms with E-state index in [1.807, 2.05) is 44.2 Å². The average molecular weight is 334 g/mol. The molecule has 0 saturated carbocycles. The maximum Gasteiger partial charge on any atom is 0.255 e. The molecule has 0 aliphatic heterocycles. The monoisotopic (exact) mass is 333 g/mol. The summed E-state index contributed by atoms with van der Waals surface area (Å²) in [5, 5.41) is 2.88. The van der Waals surface area contributed by atoms with Gasteiger partial charge in [-0.3, -0.25) is 4.79 Å². The molecule has 0 spiro atoms. The number of rotatable bonds is 4. The van der Waals surface area contributed by atoms with Crippen LogP contribution in [-0.2, 0) is 0 Å². The first-order valence-corrected chi connectivity index (χ1v) is 7.20. The van der Waals surface area contributed by atoms with Crippen LogP contribution >= 0.6 is 15.9 Å². The molecule has 0 radical (unpaired) electrons. The minimum absolute atomic E-state index is 0.156. The molecule has 2 aromatic rings. The fraction of sp³-hybridized carbons (Fsp3) is 0.188. The predicted molar refractivity (Wildman–Crippen MR) is 84.4 cm³/mol. The van der Waals surface area contributed by atoms with Crippen LogP contribution < -0.4 is 10.1 Å². The maximum absolute atomic E-state index is 12.2. The van der Waals surface area contributed by atoms with Crippen LogP contribution in [0.5, 0.6) is 5.75 Å². The Morgan fingerprint density at radius 2 is 2.05 bits per heavy atom. The van der Waals surface area contributed by atoms with Crippen molar-refractivity contribution in [2.75, 3.05) is 11.9 Å². The van der Waals surface area contributed by atoms with Crippen molar-refractivity contribution in [3.63, 3.8) is 0 Å². The average Bonchev–Trinajstić information content (AvgIpc) is 2.42. The van der Waals surface area contributed by atoms with E-state index in [9.17, 15) is 4.79 Å². The molecule has 104 valence electrons. The third-order valence-corrected chi connectivity index (χ3v) is 3.44. The number of aryl methyl sites for hydroxylation is 1. The van der Waals surface area contributed by atoms with Gasteiger partial charge in [-0.15, -0.1) is 0 Å². The lowest BCUT2D eigenvalue weighted by Gasteiger charge is -2.09. The number of carbonyl (C=O) groups is 1. The number of carbonyl (C=O) groups excluding carboxylic acids is 1. The van der Waals surface area contributed by atoms with Gasteiger partial charge in [-0.25, -0.2) is 0 Å². The molecule has 2 aromatic carbocycles. The van der Waals surface area contributed by atoms with Crippen LogP contribution in [0.15, 0.2) is 46.9 Å². The third-order valence-electron chi connectivity index (χ3n) is 2.78. The molecule has 2 rings (SSSR count). The zero-order chi connectivity index (χ0) is 14.5. The Morgan fingerprint density at radius 1 is 1.25 bits per heavy atom. The summed E-state index contributed by atoms with van der Waals surface area (Å²) in [5.74, 6) is 0.541. The Labute approximate surface area is 127 Å². The lowest BCUT2D eigenvalue weighted by molar-refractivity contribution is 0.102. The van der Waals surface area contributed by atoms with E-state index in [0.717, 1.165) is 15.7 Å². The van der Waals surface area contributed by atoms with Crippen molar-refractivity contribution in [3.05, 3.63) is 58.1 Å². The van der Waals surface area contributed by atoms with Crippen LogP contribution in [0, 0.1) is 6.92 Å². The van der Waals surface area contributed by atoms with Gasteiger partial charge in [-0.05, 0) is 65.7 Å². The highest BCUT2D eigenvalue weighted by Gasteiger charge is 2.09. The number of halogens is 1. The van der Waals surface area contributed by atoms with Gasteiger partial charge < -0.3 is 10.1 Å². The second kappa shape index (κ2) is 6.57. The number of hydrogen-bond donors (Lipinski definition) is 1. The minimum atomic E-state index is -0.156. The van der Waals surface area contributed by atoms with Crippen LogP contribution in [0.1, 0.15) is 22.8 Å². The number of nitrogens with one attached hydrogen (secondary N) is 1. The summed E-state index contributed by atoms with van der Waals surface area (Å²) in [7, 11) is 0. The van der Waals surface area contributed by atoms with Gasteiger partial charge in [0.2, 0.25) is 0 Å². The summed E-state index contributed by atoms with van der Waals surface area (Å²) in [6.45, 7) is 4.49. The third kappa shape index (κ3) is 3.61. The van der Waals surface area contributed by atoms with Crippen LogP contribution in [0.2, 0.25) is 0 Å². The molecule has 3 nitrogen and oxygen atoms in total. The SMILES string of the molecule is CCOc1cccc(C(=O)Nc2ccc(C)cc2Br)c1. The number of hydrogen-bond acceptors (Lipinski definition) is 2. The Morgan fingerprint density at radius 3 is 2.75 bits per heavy atom. The Balaban J connectivity index is 2.17. The zero-order valence-corrected chi connectivity index (χ0v) is 13.0. The van der Waals surface area contributed by atoms with Gasteiger partial charge in [0, 0.05) is 10.0 Å². The molecular weight excluding hydrogens is 318 g/mol. The van der Waals surface area contributed by atoms with E-state index in [1.165, 1.54) is 0 Å². The summed E-state index contributed by atoms with van der Waals surface area (Å²) < 4.78 is 6.26. The molecule has 1 amide bonds. The smallest absolute Gasteiger partial charge is 0.255 e. The first-order valence-electron chi connectivity index (χ1n) is 6.40. The van der Waals surface area contributed by atoms with Crippen molar-refractivity contribution < 1.29 is 9.53 Å². The maximum atomic E-state index is 12.2. The second-order valence-corrected chi connectivity index (χ2v) is 5.25. The Hall–Kier alpha value is -1.81. The highest BCUT2D eigenvalue weighted by atomic mass is 79.9. The normalized spacial score (nSPS) is 10.2. The van der Waals surface area contributed by atoms with Gasteiger partial charge in [0.15, 0.2) is 0 Å². The molecule has 0 bridgehead atoms. The van der Waals surface area contributed by atoms with E-state index in [0.29, 0.717) is 17.9 Å². The largest absolute Gasteiger partial charge is 0.494 e. The van der Waals surface area contributed by atoms with E-state index in [-0.39, 0.29) is 5.91 Å². The minimum Gasteiger partial charge on any atom is -0.494 e. The van der Waals surface area contributed by atoms with Crippen LogP contribution in [0.3, 0.4) is 0 Å². The van der Waals surface area contributed by atoms with Gasteiger partial charge in [0.05, 0.1) is 12.3 Å². The molecule has 1 N–H and O–H groups in total. The fourth-order valence-corrected chi connectivity index (χ4v) is 2.40. The van der Waals surface area contributed by atoms with E-state index in [1.54, 1.807) is 12.1 Å². The van der Waals surface area contributed by atoms with Crippen molar-refractivity contribution in [1.82, 2.24) is 0 Å². The van der Waals surface area contributed by atoms with E-state index in [4.69, 9.17) is 4.74 Å². The molecule has 0 saturated heterocycles. The fourth-order valence-electron chi connectivity index (χ4n) is 1.81. The van der Waals surface area contributed by atoms with Crippen molar-refractivity contribution in [1.29, 1.82) is 0 Å². The van der Waals surface area contributed by atoms with E-state index < -0.39 is 0 Å². The Kier molecular flexibility index (Phi) is 4.79. The van der Waals surface area contributed by atoms with E-state index >= 15 is 0 Å². The lowest BCUT2D eigenvalue weighted by atomic mass is 10.2. The molecule has 0 aliphatic carbocycles. The van der Waals surface area contributed by atoms with Crippen LogP contribution in [-0.4, -0.2) is 12.5 Å². The first-order chi connectivity index (χ1) is 9.60. The Bertz CT molecular complexity index is 626. The molecular formula is C16H16BrNO2. The van der Waals surface area contributed by atoms with Crippen molar-refractivity contribution in [3.8, 4) is 5.75 Å². The quantitative estimate of drug-likeness (QED) is 0.899. The van der Waals surface area contributed by atoms with E-state index in [2.05, 4.69) is 21.2 Å². The van der Waals surface area contributed by atoms with Gasteiger partial charge in [-0.1, -0.05) is 12.1 Å². The summed E-state index contributed by atoms with van der Waals surface area (Å²) in [6.07, 6.45) is 0. The highest BCUT2D eigenvalue weighted by Crippen LogP contribution is 2.24. The summed E-state index contributed by atoms with van der Waals surface area (Å²) in [6, 6.07) is 12.9. The first kappa shape index (κ1) is 14.6. The molecule has 0 unspecified atom stereocenters. The number of ether oxygens (including phenoxy) is 1. The standard InChI is InChI=1S/C16H16BrNO2/c1-3-20-13-6-4-5-12(10-13)16(19)18-15-8-7-11(2)9-14(15)17/h4-10H,3H2,1-2H3,(H,18,19). The van der Waals surface area contributed by atoms with Crippen molar-refractivity contribution in [2.24, 2.45) is 0 Å². The molecule has 20 heavy (non-hydrogen) atoms. The lowest BCUT2D eigenvalue weighted by Crippen LogP contribution is -2.12. The van der Waals surface area contributed by atoms with Crippen molar-refractivity contribution in [2.45, 2.75) is 13.8 Å². The highest BCUT2D eigenvalue weighted by molar-refractivity contribution is 9.10. The number of amides is 1. The molecule has 0 heterocycles. The summed E-state index contributed by atoms with van der Waals surface area (Å²) in [4.78, 5) is 12.2. The second-order valence-electron chi connectivity index (χ2n) is 4.40. The van der Waals surface area contributed by atoms with Crippen LogP contribution in [0.25, 0.3) is 0 Å². The molecule has 4 heteroatoms. The van der Waals surface area contributed by atoms with Gasteiger partial charge in [-0.2, -0.15) is 0 Å². The van der Waals surface area contributed by atoms with Crippen molar-refractivity contribution >= 4 is 27.5 Å². The summed E-state index contributed by atoms with van der Waals surface area (Å²) in [5.41, 5.74) is 2.46. The molecule has 0 atom stereocenters. The van der Waals surface area contributed by atoms with Gasteiger partial charge in [0.25, 0.3) is 5.91 Å². The molecule has 0 fully saturated rings. The zero-order valence-electron chi connectivity index (χ0n) is 11.4. The predicted octanol–water partition coefficient (Wildman–Crippen LogP) is 4.41.